The summed E-state index contributed by atoms with van der Waals surface area (Å²) in [6.07, 6.45) is 3.94. The van der Waals surface area contributed by atoms with Crippen molar-refractivity contribution in [2.24, 2.45) is 0 Å². The van der Waals surface area contributed by atoms with Crippen molar-refractivity contribution >= 4 is 10.9 Å². The van der Waals surface area contributed by atoms with Crippen LogP contribution in [0.2, 0.25) is 0 Å². The van der Waals surface area contributed by atoms with Crippen LogP contribution in [0.4, 0.5) is 0 Å². The number of H-pyrrole nitrogens is 1. The highest BCUT2D eigenvalue weighted by Crippen LogP contribution is 2.29. The molecule has 0 spiro atoms. The molecule has 30 heavy (non-hydrogen) atoms. The highest BCUT2D eigenvalue weighted by Gasteiger charge is 2.08. The topological polar surface area (TPSA) is 34.2 Å². The zero-order valence-corrected chi connectivity index (χ0v) is 17.8. The van der Waals surface area contributed by atoms with Gasteiger partial charge in [0.15, 0.2) is 0 Å². The second-order valence-corrected chi connectivity index (χ2v) is 7.60. The SMILES string of the molecule is CCCc1cc(Oc2ccccc2)ccc1OCCc1cc2cc(CC)ccc2[nH]1. The molecule has 0 atom stereocenters. The fraction of sp³-hybridized carbons (Fsp3) is 0.259. The van der Waals surface area contributed by atoms with Crippen molar-refractivity contribution in [3.8, 4) is 17.2 Å². The van der Waals surface area contributed by atoms with Crippen LogP contribution in [0.3, 0.4) is 0 Å². The molecule has 0 saturated carbocycles. The van der Waals surface area contributed by atoms with Crippen LogP contribution in [0.5, 0.6) is 17.2 Å². The number of fused-ring (bicyclic) bond motifs is 1. The number of ether oxygens (including phenoxy) is 2. The lowest BCUT2D eigenvalue weighted by Gasteiger charge is -2.13. The molecule has 1 heterocycles. The van der Waals surface area contributed by atoms with Gasteiger partial charge in [-0.05, 0) is 77.9 Å². The van der Waals surface area contributed by atoms with Gasteiger partial charge in [-0.15, -0.1) is 0 Å². The third kappa shape index (κ3) is 4.85. The minimum atomic E-state index is 0.642. The van der Waals surface area contributed by atoms with Crippen molar-refractivity contribution < 1.29 is 9.47 Å². The number of aromatic nitrogens is 1. The molecule has 0 fully saturated rings. The number of nitrogens with one attached hydrogen (secondary N) is 1. The molecular weight excluding hydrogens is 370 g/mol. The molecule has 0 radical (unpaired) electrons. The molecule has 0 amide bonds. The third-order valence-corrected chi connectivity index (χ3v) is 5.31. The molecule has 3 heteroatoms. The highest BCUT2D eigenvalue weighted by molar-refractivity contribution is 5.81. The minimum Gasteiger partial charge on any atom is -0.493 e. The fourth-order valence-electron chi connectivity index (χ4n) is 3.72. The average molecular weight is 400 g/mol. The Kier molecular flexibility index (Phi) is 6.38. The van der Waals surface area contributed by atoms with E-state index in [1.165, 1.54) is 27.7 Å². The van der Waals surface area contributed by atoms with E-state index in [9.17, 15) is 0 Å². The van der Waals surface area contributed by atoms with Crippen LogP contribution in [0, 0.1) is 0 Å². The molecule has 0 unspecified atom stereocenters. The van der Waals surface area contributed by atoms with Crippen molar-refractivity contribution in [3.63, 3.8) is 0 Å². The Morgan fingerprint density at radius 1 is 0.800 bits per heavy atom. The molecule has 4 rings (SSSR count). The molecular formula is C27H29NO2. The van der Waals surface area contributed by atoms with Crippen LogP contribution in [0.15, 0.2) is 72.8 Å². The summed E-state index contributed by atoms with van der Waals surface area (Å²) < 4.78 is 12.2. The van der Waals surface area contributed by atoms with E-state index < -0.39 is 0 Å². The van der Waals surface area contributed by atoms with Crippen molar-refractivity contribution in [1.82, 2.24) is 4.98 Å². The Bertz CT molecular complexity index is 1100. The standard InChI is InChI=1S/C27H29NO2/c1-3-8-21-19-25(30-24-9-6-5-7-10-24)12-14-27(21)29-16-15-23-18-22-17-20(4-2)11-13-26(22)28-23/h5-7,9-14,17-19,28H,3-4,8,15-16H2,1-2H3. The summed E-state index contributed by atoms with van der Waals surface area (Å²) in [5.41, 5.74) is 4.96. The molecule has 1 N–H and O–H groups in total. The molecule has 0 aliphatic heterocycles. The molecule has 0 saturated heterocycles. The molecule has 1 aromatic heterocycles. The van der Waals surface area contributed by atoms with Crippen LogP contribution in [0.1, 0.15) is 37.1 Å². The van der Waals surface area contributed by atoms with Gasteiger partial charge in [-0.3, -0.25) is 0 Å². The lowest BCUT2D eigenvalue weighted by Crippen LogP contribution is -2.04. The number of rotatable bonds is 9. The maximum Gasteiger partial charge on any atom is 0.127 e. The normalized spacial score (nSPS) is 11.0. The van der Waals surface area contributed by atoms with E-state index in [2.05, 4.69) is 49.2 Å². The first-order valence-corrected chi connectivity index (χ1v) is 10.8. The first kappa shape index (κ1) is 20.1. The fourth-order valence-corrected chi connectivity index (χ4v) is 3.72. The van der Waals surface area contributed by atoms with E-state index in [0.29, 0.717) is 6.61 Å². The number of hydrogen-bond donors (Lipinski definition) is 1. The van der Waals surface area contributed by atoms with E-state index in [1.54, 1.807) is 0 Å². The molecule has 154 valence electrons. The van der Waals surface area contributed by atoms with Crippen molar-refractivity contribution in [3.05, 3.63) is 89.6 Å². The first-order valence-electron chi connectivity index (χ1n) is 10.8. The van der Waals surface area contributed by atoms with Crippen molar-refractivity contribution in [2.45, 2.75) is 39.5 Å². The number of hydrogen-bond acceptors (Lipinski definition) is 2. The molecule has 0 aliphatic carbocycles. The quantitative estimate of drug-likeness (QED) is 0.326. The zero-order valence-electron chi connectivity index (χ0n) is 17.8. The maximum atomic E-state index is 6.16. The van der Waals surface area contributed by atoms with Crippen LogP contribution in [0.25, 0.3) is 10.9 Å². The van der Waals surface area contributed by atoms with Crippen LogP contribution in [-0.4, -0.2) is 11.6 Å². The molecule has 3 aromatic carbocycles. The summed E-state index contributed by atoms with van der Waals surface area (Å²) in [4.78, 5) is 3.51. The lowest BCUT2D eigenvalue weighted by atomic mass is 10.1. The highest BCUT2D eigenvalue weighted by atomic mass is 16.5. The first-order chi connectivity index (χ1) is 14.7. The second kappa shape index (κ2) is 9.53. The minimum absolute atomic E-state index is 0.642. The zero-order chi connectivity index (χ0) is 20.8. The number of aromatic amines is 1. The van der Waals surface area contributed by atoms with E-state index in [0.717, 1.165) is 42.9 Å². The van der Waals surface area contributed by atoms with E-state index in [4.69, 9.17) is 9.47 Å². The molecule has 3 nitrogen and oxygen atoms in total. The summed E-state index contributed by atoms with van der Waals surface area (Å²) in [5.74, 6) is 2.64. The average Bonchev–Trinajstić information content (AvgIpc) is 3.18. The third-order valence-electron chi connectivity index (χ3n) is 5.31. The number of aryl methyl sites for hydroxylation is 2. The molecule has 4 aromatic rings. The predicted molar refractivity (Wildman–Crippen MR) is 124 cm³/mol. The Labute approximate surface area is 178 Å². The van der Waals surface area contributed by atoms with Gasteiger partial charge >= 0.3 is 0 Å². The Morgan fingerprint density at radius 3 is 2.47 bits per heavy atom. The van der Waals surface area contributed by atoms with Gasteiger partial charge in [0.2, 0.25) is 0 Å². The van der Waals surface area contributed by atoms with Gasteiger partial charge in [-0.25, -0.2) is 0 Å². The number of benzene rings is 3. The van der Waals surface area contributed by atoms with Gasteiger partial charge in [0.25, 0.3) is 0 Å². The number of para-hydroxylation sites is 1. The Hall–Kier alpha value is -3.20. The summed E-state index contributed by atoms with van der Waals surface area (Å²) in [5, 5.41) is 1.28. The van der Waals surface area contributed by atoms with Gasteiger partial charge in [0.1, 0.15) is 17.2 Å². The van der Waals surface area contributed by atoms with Gasteiger partial charge in [0, 0.05) is 17.6 Å². The molecule has 0 aliphatic rings. The largest absolute Gasteiger partial charge is 0.493 e. The maximum absolute atomic E-state index is 6.16. The van der Waals surface area contributed by atoms with Gasteiger partial charge < -0.3 is 14.5 Å². The Morgan fingerprint density at radius 2 is 1.67 bits per heavy atom. The van der Waals surface area contributed by atoms with Crippen LogP contribution >= 0.6 is 0 Å². The van der Waals surface area contributed by atoms with E-state index in [-0.39, 0.29) is 0 Å². The van der Waals surface area contributed by atoms with E-state index in [1.807, 2.05) is 42.5 Å². The van der Waals surface area contributed by atoms with Gasteiger partial charge in [-0.2, -0.15) is 0 Å². The molecule has 0 bridgehead atoms. The van der Waals surface area contributed by atoms with Crippen molar-refractivity contribution in [2.75, 3.05) is 6.61 Å². The summed E-state index contributed by atoms with van der Waals surface area (Å²) >= 11 is 0. The van der Waals surface area contributed by atoms with Gasteiger partial charge in [-0.1, -0.05) is 44.5 Å². The summed E-state index contributed by atoms with van der Waals surface area (Å²) in [6, 6.07) is 24.9. The second-order valence-electron chi connectivity index (χ2n) is 7.60. The van der Waals surface area contributed by atoms with Crippen LogP contribution < -0.4 is 9.47 Å². The smallest absolute Gasteiger partial charge is 0.127 e. The van der Waals surface area contributed by atoms with E-state index >= 15 is 0 Å². The van der Waals surface area contributed by atoms with Gasteiger partial charge in [0.05, 0.1) is 6.61 Å². The van der Waals surface area contributed by atoms with Crippen LogP contribution in [-0.2, 0) is 19.3 Å². The lowest BCUT2D eigenvalue weighted by molar-refractivity contribution is 0.316. The van der Waals surface area contributed by atoms with Crippen molar-refractivity contribution in [1.29, 1.82) is 0 Å². The Balaban J connectivity index is 1.42. The summed E-state index contributed by atoms with van der Waals surface area (Å²) in [7, 11) is 0. The predicted octanol–water partition coefficient (Wildman–Crippen LogP) is 7.10. The summed E-state index contributed by atoms with van der Waals surface area (Å²) in [6.45, 7) is 5.01. The monoisotopic (exact) mass is 399 g/mol.